The molecule has 0 amide bonds. The molecule has 102 valence electrons. The molecular formula is C15H26N2O. The molecule has 0 aromatic carbocycles. The Morgan fingerprint density at radius 1 is 1.39 bits per heavy atom. The molecule has 0 radical (unpaired) electrons. The molecule has 1 fully saturated rings. The third kappa shape index (κ3) is 4.13. The highest BCUT2D eigenvalue weighted by Gasteiger charge is 2.31. The number of hydrogen-bond acceptors (Lipinski definition) is 3. The summed E-state index contributed by atoms with van der Waals surface area (Å²) >= 11 is 0. The van der Waals surface area contributed by atoms with Crippen molar-refractivity contribution in [2.75, 3.05) is 13.1 Å². The van der Waals surface area contributed by atoms with Crippen LogP contribution in [0.3, 0.4) is 0 Å². The van der Waals surface area contributed by atoms with Crippen LogP contribution in [0.15, 0.2) is 10.6 Å². The van der Waals surface area contributed by atoms with Crippen LogP contribution in [0.2, 0.25) is 0 Å². The maximum Gasteiger partial charge on any atom is 0.194 e. The van der Waals surface area contributed by atoms with Gasteiger partial charge in [0.2, 0.25) is 0 Å². The summed E-state index contributed by atoms with van der Waals surface area (Å²) in [6.07, 6.45) is 6.69. The number of rotatable bonds is 8. The molecular weight excluding hydrogens is 224 g/mol. The second-order valence-electron chi connectivity index (χ2n) is 5.98. The predicted molar refractivity (Wildman–Crippen MR) is 73.7 cm³/mol. The number of aryl methyl sites for hydroxylation is 1. The monoisotopic (exact) mass is 250 g/mol. The number of aromatic nitrogens is 1. The molecule has 1 aliphatic carbocycles. The lowest BCUT2D eigenvalue weighted by Crippen LogP contribution is -2.21. The van der Waals surface area contributed by atoms with Crippen molar-refractivity contribution in [3.05, 3.63) is 17.8 Å². The molecule has 2 rings (SSSR count). The molecule has 1 aromatic heterocycles. The van der Waals surface area contributed by atoms with Crippen molar-refractivity contribution in [1.82, 2.24) is 10.3 Å². The molecule has 1 saturated carbocycles. The van der Waals surface area contributed by atoms with Gasteiger partial charge in [0.1, 0.15) is 5.76 Å². The Kier molecular flexibility index (Phi) is 4.81. The van der Waals surface area contributed by atoms with Crippen molar-refractivity contribution in [2.45, 2.75) is 52.4 Å². The molecule has 0 bridgehead atoms. The van der Waals surface area contributed by atoms with Gasteiger partial charge in [0, 0.05) is 12.3 Å². The van der Waals surface area contributed by atoms with Crippen LogP contribution in [0, 0.1) is 11.8 Å². The van der Waals surface area contributed by atoms with Crippen molar-refractivity contribution >= 4 is 0 Å². The highest BCUT2D eigenvalue weighted by atomic mass is 16.4. The summed E-state index contributed by atoms with van der Waals surface area (Å²) in [4.78, 5) is 4.39. The van der Waals surface area contributed by atoms with E-state index in [1.807, 2.05) is 6.20 Å². The van der Waals surface area contributed by atoms with E-state index >= 15 is 0 Å². The molecule has 0 spiro atoms. The Labute approximate surface area is 110 Å². The van der Waals surface area contributed by atoms with Crippen molar-refractivity contribution in [3.8, 4) is 0 Å². The van der Waals surface area contributed by atoms with Gasteiger partial charge in [-0.15, -0.1) is 0 Å². The largest absolute Gasteiger partial charge is 0.445 e. The summed E-state index contributed by atoms with van der Waals surface area (Å²) in [6.45, 7) is 8.86. The van der Waals surface area contributed by atoms with Crippen molar-refractivity contribution < 1.29 is 4.42 Å². The minimum Gasteiger partial charge on any atom is -0.445 e. The topological polar surface area (TPSA) is 38.1 Å². The first kappa shape index (κ1) is 13.6. The molecule has 1 aliphatic rings. The van der Waals surface area contributed by atoms with Crippen LogP contribution in [-0.4, -0.2) is 18.1 Å². The van der Waals surface area contributed by atoms with Gasteiger partial charge in [-0.05, 0) is 44.2 Å². The fourth-order valence-corrected chi connectivity index (χ4v) is 2.23. The summed E-state index contributed by atoms with van der Waals surface area (Å²) in [5, 5.41) is 3.44. The zero-order chi connectivity index (χ0) is 13.0. The average molecular weight is 250 g/mol. The van der Waals surface area contributed by atoms with Crippen molar-refractivity contribution in [1.29, 1.82) is 0 Å². The molecule has 1 aromatic rings. The fourth-order valence-electron chi connectivity index (χ4n) is 2.23. The second-order valence-corrected chi connectivity index (χ2v) is 5.98. The van der Waals surface area contributed by atoms with Gasteiger partial charge in [-0.25, -0.2) is 4.98 Å². The Morgan fingerprint density at radius 2 is 2.17 bits per heavy atom. The minimum absolute atomic E-state index is 0.560. The Balaban J connectivity index is 1.67. The van der Waals surface area contributed by atoms with E-state index in [-0.39, 0.29) is 0 Å². The summed E-state index contributed by atoms with van der Waals surface area (Å²) in [7, 11) is 0. The predicted octanol–water partition coefficient (Wildman–Crippen LogP) is 3.37. The van der Waals surface area contributed by atoms with Crippen molar-refractivity contribution in [3.63, 3.8) is 0 Å². The van der Waals surface area contributed by atoms with Crippen LogP contribution in [0.25, 0.3) is 0 Å². The number of hydrogen-bond donors (Lipinski definition) is 1. The van der Waals surface area contributed by atoms with Crippen LogP contribution in [0.5, 0.6) is 0 Å². The maximum absolute atomic E-state index is 5.84. The Morgan fingerprint density at radius 3 is 2.83 bits per heavy atom. The van der Waals surface area contributed by atoms with Gasteiger partial charge in [-0.3, -0.25) is 0 Å². The van der Waals surface area contributed by atoms with E-state index in [1.54, 1.807) is 0 Å². The highest BCUT2D eigenvalue weighted by Crippen LogP contribution is 2.42. The molecule has 3 nitrogen and oxygen atoms in total. The summed E-state index contributed by atoms with van der Waals surface area (Å²) < 4.78 is 5.84. The van der Waals surface area contributed by atoms with Gasteiger partial charge < -0.3 is 9.73 Å². The molecule has 0 saturated heterocycles. The Hall–Kier alpha value is -0.830. The fraction of sp³-hybridized carbons (Fsp3) is 0.800. The van der Waals surface area contributed by atoms with E-state index in [1.165, 1.54) is 12.8 Å². The number of nitrogens with one attached hydrogen (secondary N) is 1. The standard InChI is InChI=1S/C15H26N2O/c1-11(2)9-16-8-4-5-15-17-10-14(18-15)12(3)13-6-7-13/h10-13,16H,4-9H2,1-3H3. The zero-order valence-electron chi connectivity index (χ0n) is 11.9. The van der Waals surface area contributed by atoms with E-state index in [9.17, 15) is 0 Å². The first-order valence-electron chi connectivity index (χ1n) is 7.32. The van der Waals surface area contributed by atoms with E-state index in [0.717, 1.165) is 49.4 Å². The van der Waals surface area contributed by atoms with Gasteiger partial charge >= 0.3 is 0 Å². The first-order chi connectivity index (χ1) is 8.66. The van der Waals surface area contributed by atoms with E-state index in [2.05, 4.69) is 31.1 Å². The maximum atomic E-state index is 5.84. The number of nitrogens with zero attached hydrogens (tertiary/aromatic N) is 1. The molecule has 1 unspecified atom stereocenters. The van der Waals surface area contributed by atoms with Crippen LogP contribution < -0.4 is 5.32 Å². The highest BCUT2D eigenvalue weighted by molar-refractivity contribution is 5.05. The third-order valence-electron chi connectivity index (χ3n) is 3.65. The van der Waals surface area contributed by atoms with E-state index in [0.29, 0.717) is 5.92 Å². The normalized spacial score (nSPS) is 17.3. The average Bonchev–Trinajstić information content (AvgIpc) is 3.07. The molecule has 0 aliphatic heterocycles. The van der Waals surface area contributed by atoms with Gasteiger partial charge in [-0.1, -0.05) is 20.8 Å². The van der Waals surface area contributed by atoms with E-state index < -0.39 is 0 Å². The molecule has 1 heterocycles. The summed E-state index contributed by atoms with van der Waals surface area (Å²) in [5.74, 6) is 4.12. The van der Waals surface area contributed by atoms with E-state index in [4.69, 9.17) is 4.42 Å². The lowest BCUT2D eigenvalue weighted by Gasteiger charge is -2.06. The number of oxazole rings is 1. The van der Waals surface area contributed by atoms with Gasteiger partial charge in [0.25, 0.3) is 0 Å². The molecule has 18 heavy (non-hydrogen) atoms. The molecule has 3 heteroatoms. The van der Waals surface area contributed by atoms with Crippen LogP contribution in [0.4, 0.5) is 0 Å². The second kappa shape index (κ2) is 6.37. The van der Waals surface area contributed by atoms with Crippen LogP contribution >= 0.6 is 0 Å². The third-order valence-corrected chi connectivity index (χ3v) is 3.65. The summed E-state index contributed by atoms with van der Waals surface area (Å²) in [6, 6.07) is 0. The first-order valence-corrected chi connectivity index (χ1v) is 7.32. The zero-order valence-corrected chi connectivity index (χ0v) is 11.9. The van der Waals surface area contributed by atoms with Gasteiger partial charge in [-0.2, -0.15) is 0 Å². The lowest BCUT2D eigenvalue weighted by atomic mass is 10.0. The summed E-state index contributed by atoms with van der Waals surface area (Å²) in [5.41, 5.74) is 0. The van der Waals surface area contributed by atoms with Gasteiger partial charge in [0.15, 0.2) is 5.89 Å². The van der Waals surface area contributed by atoms with Crippen LogP contribution in [-0.2, 0) is 6.42 Å². The minimum atomic E-state index is 0.560. The van der Waals surface area contributed by atoms with Crippen LogP contribution in [0.1, 0.15) is 57.6 Å². The molecule has 1 N–H and O–H groups in total. The molecule has 1 atom stereocenters. The SMILES string of the molecule is CC(C)CNCCCc1ncc(C(C)C2CC2)o1. The quantitative estimate of drug-likeness (QED) is 0.719. The smallest absolute Gasteiger partial charge is 0.194 e. The van der Waals surface area contributed by atoms with Gasteiger partial charge in [0.05, 0.1) is 6.20 Å². The van der Waals surface area contributed by atoms with Crippen molar-refractivity contribution in [2.24, 2.45) is 11.8 Å². The lowest BCUT2D eigenvalue weighted by molar-refractivity contribution is 0.410. The Bertz CT molecular complexity index is 355.